The Labute approximate surface area is 241 Å². The van der Waals surface area contributed by atoms with Gasteiger partial charge in [0.2, 0.25) is 0 Å². The Kier molecular flexibility index (Phi) is 8.53. The number of nitrogens with zero attached hydrogens (tertiary/aromatic N) is 3. The Hall–Kier alpha value is -3.23. The molecule has 0 saturated heterocycles. The number of amidine groups is 1. The van der Waals surface area contributed by atoms with Crippen molar-refractivity contribution in [1.82, 2.24) is 4.98 Å². The maximum Gasteiger partial charge on any atom is 2.00 e. The zero-order valence-corrected chi connectivity index (χ0v) is 24.8. The summed E-state index contributed by atoms with van der Waals surface area (Å²) >= 11 is 0. The standard InChI is InChI=1S/C33H33N3O.Pt/c1-23(2)31-22-36(27-17-15-26(16-18-27)33(3,4)5)32(35-31)25-11-9-13-29(21-25)37-28-12-8-10-24(20-28)30-14-6-7-19-34-30;/h6-19,23,31H,22H2,1-5H3;/q-2;+2/t31-;/m0./s1. The molecule has 0 unspecified atom stereocenters. The largest absolute Gasteiger partial charge is 2.00 e. The second-order valence-electron chi connectivity index (χ2n) is 10.8. The molecule has 4 aromatic rings. The van der Waals surface area contributed by atoms with Crippen molar-refractivity contribution in [2.75, 3.05) is 11.4 Å². The minimum Gasteiger partial charge on any atom is -0.497 e. The summed E-state index contributed by atoms with van der Waals surface area (Å²) in [6, 6.07) is 33.5. The summed E-state index contributed by atoms with van der Waals surface area (Å²) in [5.41, 5.74) is 5.25. The summed E-state index contributed by atoms with van der Waals surface area (Å²) in [6.07, 6.45) is 1.78. The van der Waals surface area contributed by atoms with Crippen LogP contribution in [0.3, 0.4) is 0 Å². The molecule has 0 bridgehead atoms. The number of hydrogen-bond donors (Lipinski definition) is 0. The van der Waals surface area contributed by atoms with Gasteiger partial charge < -0.3 is 19.6 Å². The van der Waals surface area contributed by atoms with Gasteiger partial charge in [0.25, 0.3) is 0 Å². The molecule has 1 atom stereocenters. The molecule has 2 heterocycles. The van der Waals surface area contributed by atoms with Gasteiger partial charge in [0.05, 0.1) is 11.9 Å². The van der Waals surface area contributed by atoms with E-state index in [4.69, 9.17) is 9.73 Å². The van der Waals surface area contributed by atoms with Gasteiger partial charge in [-0.1, -0.05) is 71.0 Å². The third kappa shape index (κ3) is 6.25. The number of pyridine rings is 1. The zero-order valence-electron chi connectivity index (χ0n) is 22.5. The van der Waals surface area contributed by atoms with Crippen LogP contribution in [0.4, 0.5) is 5.69 Å². The third-order valence-electron chi connectivity index (χ3n) is 6.67. The molecule has 3 aromatic carbocycles. The summed E-state index contributed by atoms with van der Waals surface area (Å²) in [5, 5.41) is 0. The van der Waals surface area contributed by atoms with Gasteiger partial charge in [0, 0.05) is 29.9 Å². The molecule has 1 aromatic heterocycles. The molecule has 0 radical (unpaired) electrons. The van der Waals surface area contributed by atoms with E-state index in [1.807, 2.05) is 48.5 Å². The number of rotatable bonds is 6. The van der Waals surface area contributed by atoms with Gasteiger partial charge >= 0.3 is 21.1 Å². The molecule has 4 nitrogen and oxygen atoms in total. The molecule has 5 rings (SSSR count). The maximum absolute atomic E-state index is 6.20. The van der Waals surface area contributed by atoms with Crippen LogP contribution in [0.15, 0.2) is 90.1 Å². The van der Waals surface area contributed by atoms with Gasteiger partial charge in [-0.2, -0.15) is 0 Å². The van der Waals surface area contributed by atoms with Crippen LogP contribution < -0.4 is 9.64 Å². The SMILES string of the molecule is CC(C)[C@@H]1CN(c2ccc(C(C)(C)C)cc2)C(c2[c-]c(Oc3[c-]c(-c4ccccn4)ccc3)ccc2)=N1.[Pt+2]. The third-order valence-corrected chi connectivity index (χ3v) is 6.67. The Bertz CT molecular complexity index is 1390. The molecule has 0 fully saturated rings. The van der Waals surface area contributed by atoms with E-state index in [0.717, 1.165) is 34.9 Å². The van der Waals surface area contributed by atoms with Crippen LogP contribution in [0.1, 0.15) is 45.7 Å². The summed E-state index contributed by atoms with van der Waals surface area (Å²) in [5.74, 6) is 2.63. The quantitative estimate of drug-likeness (QED) is 0.196. The number of anilines is 1. The van der Waals surface area contributed by atoms with Crippen molar-refractivity contribution >= 4 is 11.5 Å². The number of aromatic nitrogens is 1. The summed E-state index contributed by atoms with van der Waals surface area (Å²) in [4.78, 5) is 11.9. The molecular weight excluding hydrogens is 649 g/mol. The normalized spacial score (nSPS) is 15.3. The summed E-state index contributed by atoms with van der Waals surface area (Å²) < 4.78 is 6.20. The van der Waals surface area contributed by atoms with Crippen LogP contribution in [0.5, 0.6) is 11.5 Å². The molecule has 1 aliphatic heterocycles. The topological polar surface area (TPSA) is 37.7 Å². The van der Waals surface area contributed by atoms with E-state index < -0.39 is 0 Å². The molecule has 0 aliphatic carbocycles. The predicted octanol–water partition coefficient (Wildman–Crippen LogP) is 7.73. The summed E-state index contributed by atoms with van der Waals surface area (Å²) in [7, 11) is 0. The van der Waals surface area contributed by atoms with Gasteiger partial charge in [-0.15, -0.1) is 47.5 Å². The van der Waals surface area contributed by atoms with Gasteiger partial charge in [-0.25, -0.2) is 0 Å². The fraction of sp³-hybridized carbons (Fsp3) is 0.273. The van der Waals surface area contributed by atoms with Gasteiger partial charge in [0.1, 0.15) is 0 Å². The zero-order chi connectivity index (χ0) is 26.0. The number of ether oxygens (including phenoxy) is 1. The average Bonchev–Trinajstić information content (AvgIpc) is 3.35. The van der Waals surface area contributed by atoms with Crippen LogP contribution in [-0.4, -0.2) is 23.4 Å². The fourth-order valence-corrected chi connectivity index (χ4v) is 4.42. The Morgan fingerprint density at radius 3 is 2.11 bits per heavy atom. The van der Waals surface area contributed by atoms with Crippen molar-refractivity contribution in [1.29, 1.82) is 0 Å². The molecule has 196 valence electrons. The first-order valence-corrected chi connectivity index (χ1v) is 12.9. The Balaban J connectivity index is 0.00000336. The van der Waals surface area contributed by atoms with Crippen molar-refractivity contribution in [2.24, 2.45) is 10.9 Å². The second kappa shape index (κ2) is 11.7. The van der Waals surface area contributed by atoms with E-state index >= 15 is 0 Å². The van der Waals surface area contributed by atoms with Crippen molar-refractivity contribution < 1.29 is 25.8 Å². The van der Waals surface area contributed by atoms with Crippen LogP contribution in [0.2, 0.25) is 0 Å². The van der Waals surface area contributed by atoms with E-state index in [1.54, 1.807) is 6.20 Å². The number of hydrogen-bond acceptors (Lipinski definition) is 4. The second-order valence-corrected chi connectivity index (χ2v) is 10.8. The van der Waals surface area contributed by atoms with Crippen LogP contribution in [-0.2, 0) is 26.5 Å². The van der Waals surface area contributed by atoms with Crippen LogP contribution in [0, 0.1) is 18.1 Å². The van der Waals surface area contributed by atoms with Crippen LogP contribution >= 0.6 is 0 Å². The molecule has 5 heteroatoms. The first-order chi connectivity index (χ1) is 17.8. The van der Waals surface area contributed by atoms with E-state index in [0.29, 0.717) is 17.4 Å². The molecule has 38 heavy (non-hydrogen) atoms. The molecular formula is C33H33N3OPt. The van der Waals surface area contributed by atoms with Crippen LogP contribution in [0.25, 0.3) is 11.3 Å². The predicted molar refractivity (Wildman–Crippen MR) is 152 cm³/mol. The molecule has 0 spiro atoms. The van der Waals surface area contributed by atoms with Gasteiger partial charge in [0.15, 0.2) is 0 Å². The van der Waals surface area contributed by atoms with Crippen molar-refractivity contribution in [3.8, 4) is 22.8 Å². The van der Waals surface area contributed by atoms with Crippen molar-refractivity contribution in [2.45, 2.75) is 46.1 Å². The Morgan fingerprint density at radius 2 is 1.50 bits per heavy atom. The summed E-state index contributed by atoms with van der Waals surface area (Å²) in [6.45, 7) is 12.0. The number of aliphatic imine (C=N–C) groups is 1. The molecule has 0 amide bonds. The Morgan fingerprint density at radius 1 is 0.842 bits per heavy atom. The molecule has 0 saturated carbocycles. The number of benzene rings is 3. The van der Waals surface area contributed by atoms with Gasteiger partial charge in [-0.05, 0) is 40.8 Å². The van der Waals surface area contributed by atoms with Crippen molar-refractivity contribution in [3.05, 3.63) is 108 Å². The van der Waals surface area contributed by atoms with E-state index in [-0.39, 0.29) is 32.5 Å². The fourth-order valence-electron chi connectivity index (χ4n) is 4.42. The van der Waals surface area contributed by atoms with E-state index in [9.17, 15) is 0 Å². The first-order valence-electron chi connectivity index (χ1n) is 12.9. The smallest absolute Gasteiger partial charge is 0.497 e. The van der Waals surface area contributed by atoms with Gasteiger partial charge in [-0.3, -0.25) is 0 Å². The van der Waals surface area contributed by atoms with E-state index in [2.05, 4.69) is 87.0 Å². The maximum atomic E-state index is 6.20. The van der Waals surface area contributed by atoms with E-state index in [1.165, 1.54) is 5.56 Å². The first kappa shape index (κ1) is 27.8. The molecule has 0 N–H and O–H groups in total. The average molecular weight is 683 g/mol. The molecule has 1 aliphatic rings. The minimum atomic E-state index is 0. The minimum absolute atomic E-state index is 0. The monoisotopic (exact) mass is 682 g/mol. The van der Waals surface area contributed by atoms with Crippen molar-refractivity contribution in [3.63, 3.8) is 0 Å².